The van der Waals surface area contributed by atoms with E-state index in [1.165, 1.54) is 0 Å². The monoisotopic (exact) mass is 855 g/mol. The predicted octanol–water partition coefficient (Wildman–Crippen LogP) is 12.9. The molecule has 0 radical (unpaired) electrons. The fourth-order valence-electron chi connectivity index (χ4n) is 5.12. The van der Waals surface area contributed by atoms with Crippen molar-refractivity contribution in [3.8, 4) is 0 Å². The zero-order chi connectivity index (χ0) is 44.3. The lowest BCUT2D eigenvalue weighted by Crippen LogP contribution is -2.37. The van der Waals surface area contributed by atoms with Crippen molar-refractivity contribution in [3.63, 3.8) is 0 Å². The van der Waals surface area contributed by atoms with Gasteiger partial charge in [-0.2, -0.15) is 0 Å². The van der Waals surface area contributed by atoms with Gasteiger partial charge in [0.2, 0.25) is 0 Å². The number of phosphoric acid groups is 1. The lowest BCUT2D eigenvalue weighted by atomic mass is 10.1. The van der Waals surface area contributed by atoms with E-state index in [1.807, 2.05) is 45.4 Å². The van der Waals surface area contributed by atoms with Gasteiger partial charge in [0.15, 0.2) is 6.10 Å². The molecule has 0 aliphatic carbocycles. The van der Waals surface area contributed by atoms with Crippen LogP contribution in [-0.4, -0.2) is 74.9 Å². The molecule has 338 valence electrons. The Bertz CT molecular complexity index is 1430. The number of quaternary nitrogens is 1. The largest absolute Gasteiger partial charge is 0.472 e. The Morgan fingerprint density at radius 1 is 0.533 bits per heavy atom. The number of hydrogen-bond donors (Lipinski definition) is 1. The maximum Gasteiger partial charge on any atom is 0.472 e. The third-order valence-corrected chi connectivity index (χ3v) is 9.53. The molecule has 10 heteroatoms. The Morgan fingerprint density at radius 3 is 1.55 bits per heavy atom. The molecule has 0 aromatic carbocycles. The fourth-order valence-corrected chi connectivity index (χ4v) is 5.86. The topological polar surface area (TPSA) is 108 Å². The highest BCUT2D eigenvalue weighted by Gasteiger charge is 2.27. The van der Waals surface area contributed by atoms with Gasteiger partial charge in [-0.1, -0.05) is 155 Å². The first-order chi connectivity index (χ1) is 29.0. The van der Waals surface area contributed by atoms with E-state index in [1.54, 1.807) is 0 Å². The zero-order valence-corrected chi connectivity index (χ0v) is 38.8. The molecule has 0 aliphatic heterocycles. The molecule has 0 spiro atoms. The molecule has 0 aromatic heterocycles. The third-order valence-electron chi connectivity index (χ3n) is 8.55. The summed E-state index contributed by atoms with van der Waals surface area (Å²) in [5, 5.41) is 0. The normalized spacial score (nSPS) is 14.7. The van der Waals surface area contributed by atoms with Crippen molar-refractivity contribution in [1.82, 2.24) is 0 Å². The molecule has 2 atom stereocenters. The molecule has 0 fully saturated rings. The summed E-state index contributed by atoms with van der Waals surface area (Å²) in [4.78, 5) is 35.3. The molecule has 9 nitrogen and oxygen atoms in total. The van der Waals surface area contributed by atoms with Crippen molar-refractivity contribution in [2.24, 2.45) is 0 Å². The number of esters is 2. The van der Waals surface area contributed by atoms with Crippen LogP contribution in [0.25, 0.3) is 0 Å². The minimum Gasteiger partial charge on any atom is -0.462 e. The summed E-state index contributed by atoms with van der Waals surface area (Å²) in [7, 11) is 1.40. The standard InChI is InChI=1S/C50H80NO8P/c1-6-8-10-12-14-16-18-20-21-22-23-24-25-26-27-28-29-31-32-34-36-38-40-42-49(52)56-46-48(47-58-60(54,55)57-45-44-51(3,4)5)59-50(53)43-41-39-37-35-33-30-19-17-15-13-11-9-7-2/h8-11,13-17,19-21,23-24,26-27,29,31,34,36,48H,6-7,12,18,22,25,28,30,32-33,35,37-47H2,1-5H3/p+1/b10-8+,11-9+,15-13+,16-14+,19-17+,21-20+,24-23+,27-26+,31-29+,36-34+. The number of nitrogens with zero attached hydrogens (tertiary/aromatic N) is 1. The molecular formula is C50H81NO8P+. The average molecular weight is 855 g/mol. The second-order valence-corrected chi connectivity index (χ2v) is 16.8. The van der Waals surface area contributed by atoms with E-state index < -0.39 is 32.5 Å². The molecule has 60 heavy (non-hydrogen) atoms. The summed E-state index contributed by atoms with van der Waals surface area (Å²) in [6, 6.07) is 0. The number of unbranched alkanes of at least 4 members (excludes halogenated alkanes) is 6. The summed E-state index contributed by atoms with van der Waals surface area (Å²) in [5.41, 5.74) is 0. The van der Waals surface area contributed by atoms with Crippen LogP contribution < -0.4 is 0 Å². The first-order valence-electron chi connectivity index (χ1n) is 22.3. The number of carbonyl (C=O) groups excluding carboxylic acids is 2. The maximum absolute atomic E-state index is 12.7. The molecule has 0 rings (SSSR count). The summed E-state index contributed by atoms with van der Waals surface area (Å²) in [6.07, 6.45) is 56.9. The molecule has 2 unspecified atom stereocenters. The minimum atomic E-state index is -4.40. The maximum atomic E-state index is 12.7. The Hall–Kier alpha value is -3.59. The van der Waals surface area contributed by atoms with Crippen molar-refractivity contribution in [1.29, 1.82) is 0 Å². The van der Waals surface area contributed by atoms with Gasteiger partial charge in [-0.15, -0.1) is 0 Å². The molecule has 1 N–H and O–H groups in total. The van der Waals surface area contributed by atoms with Gasteiger partial charge >= 0.3 is 19.8 Å². The van der Waals surface area contributed by atoms with Gasteiger partial charge in [0, 0.05) is 12.8 Å². The molecule has 0 amide bonds. The minimum absolute atomic E-state index is 0.0105. The Morgan fingerprint density at radius 2 is 1.00 bits per heavy atom. The van der Waals surface area contributed by atoms with Gasteiger partial charge in [0.25, 0.3) is 0 Å². The molecule has 0 aliphatic rings. The van der Waals surface area contributed by atoms with Crippen molar-refractivity contribution in [2.45, 2.75) is 136 Å². The van der Waals surface area contributed by atoms with Crippen molar-refractivity contribution >= 4 is 19.8 Å². The number of hydrogen-bond acceptors (Lipinski definition) is 7. The van der Waals surface area contributed by atoms with Crippen molar-refractivity contribution < 1.29 is 42.1 Å². The molecular weight excluding hydrogens is 774 g/mol. The lowest BCUT2D eigenvalue weighted by molar-refractivity contribution is -0.870. The highest BCUT2D eigenvalue weighted by molar-refractivity contribution is 7.47. The molecule has 0 bridgehead atoms. The number of carbonyl (C=O) groups is 2. The number of rotatable bonds is 38. The highest BCUT2D eigenvalue weighted by Crippen LogP contribution is 2.43. The number of phosphoric ester groups is 1. The Labute approximate surface area is 365 Å². The van der Waals surface area contributed by atoms with Crippen LogP contribution in [0.1, 0.15) is 129 Å². The van der Waals surface area contributed by atoms with Crippen LogP contribution in [-0.2, 0) is 32.7 Å². The molecule has 0 heterocycles. The van der Waals surface area contributed by atoms with Gasteiger partial charge in [-0.05, 0) is 83.5 Å². The smallest absolute Gasteiger partial charge is 0.462 e. The van der Waals surface area contributed by atoms with Crippen molar-refractivity contribution in [3.05, 3.63) is 122 Å². The Balaban J connectivity index is 4.47. The summed E-state index contributed by atoms with van der Waals surface area (Å²) in [5.74, 6) is -0.908. The van der Waals surface area contributed by atoms with E-state index in [0.717, 1.165) is 89.9 Å². The van der Waals surface area contributed by atoms with Crippen LogP contribution in [0, 0.1) is 0 Å². The van der Waals surface area contributed by atoms with E-state index in [9.17, 15) is 19.0 Å². The van der Waals surface area contributed by atoms with E-state index in [4.69, 9.17) is 18.5 Å². The van der Waals surface area contributed by atoms with Crippen LogP contribution in [0.4, 0.5) is 0 Å². The van der Waals surface area contributed by atoms with Gasteiger partial charge in [-0.25, -0.2) is 4.57 Å². The first-order valence-corrected chi connectivity index (χ1v) is 23.8. The van der Waals surface area contributed by atoms with E-state index in [2.05, 4.69) is 111 Å². The average Bonchev–Trinajstić information content (AvgIpc) is 3.20. The summed E-state index contributed by atoms with van der Waals surface area (Å²) < 4.78 is 34.2. The van der Waals surface area contributed by atoms with Crippen molar-refractivity contribution in [2.75, 3.05) is 47.5 Å². The van der Waals surface area contributed by atoms with Gasteiger partial charge in [0.05, 0.1) is 27.7 Å². The zero-order valence-electron chi connectivity index (χ0n) is 37.9. The predicted molar refractivity (Wildman–Crippen MR) is 251 cm³/mol. The lowest BCUT2D eigenvalue weighted by Gasteiger charge is -2.24. The van der Waals surface area contributed by atoms with E-state index in [-0.39, 0.29) is 26.1 Å². The Kier molecular flexibility index (Phi) is 38.4. The van der Waals surface area contributed by atoms with Crippen LogP contribution in [0.3, 0.4) is 0 Å². The van der Waals surface area contributed by atoms with Gasteiger partial charge in [-0.3, -0.25) is 18.6 Å². The van der Waals surface area contributed by atoms with Gasteiger partial charge < -0.3 is 18.9 Å². The first kappa shape index (κ1) is 56.4. The highest BCUT2D eigenvalue weighted by atomic mass is 31.2. The molecule has 0 saturated carbocycles. The number of likely N-dealkylation sites (N-methyl/N-ethyl adjacent to an activating group) is 1. The SMILES string of the molecule is CC/C=C/C=C/C=C/CCCCCCCC(=O)OC(COC(=O)CCC/C=C/C/C=C/C/C=C/C/C=C/C/C=C/C/C=C/C/C=C/CC)COP(=O)(O)OCC[N+](C)(C)C. The number of ether oxygens (including phenoxy) is 2. The quantitative estimate of drug-likeness (QED) is 0.0163. The van der Waals surface area contributed by atoms with Crippen LogP contribution in [0.15, 0.2) is 122 Å². The summed E-state index contributed by atoms with van der Waals surface area (Å²) >= 11 is 0. The van der Waals surface area contributed by atoms with E-state index >= 15 is 0 Å². The second kappa shape index (κ2) is 40.8. The molecule has 0 saturated heterocycles. The summed E-state index contributed by atoms with van der Waals surface area (Å²) in [6.45, 7) is 4.04. The van der Waals surface area contributed by atoms with Crippen LogP contribution in [0.5, 0.6) is 0 Å². The van der Waals surface area contributed by atoms with Crippen LogP contribution in [0.2, 0.25) is 0 Å². The molecule has 0 aromatic rings. The van der Waals surface area contributed by atoms with Gasteiger partial charge in [0.1, 0.15) is 19.8 Å². The number of allylic oxidation sites excluding steroid dienone is 20. The van der Waals surface area contributed by atoms with Crippen LogP contribution >= 0.6 is 7.82 Å². The third kappa shape index (κ3) is 44.0. The second-order valence-electron chi connectivity index (χ2n) is 15.4. The van der Waals surface area contributed by atoms with E-state index in [0.29, 0.717) is 23.9 Å². The fraction of sp³-hybridized carbons (Fsp3) is 0.560.